The quantitative estimate of drug-likeness (QED) is 0.165. The van der Waals surface area contributed by atoms with E-state index in [2.05, 4.69) is 15.6 Å². The van der Waals surface area contributed by atoms with Gasteiger partial charge in [-0.1, -0.05) is 37.6 Å². The third kappa shape index (κ3) is 9.05. The normalized spacial score (nSPS) is 28.6. The predicted molar refractivity (Wildman–Crippen MR) is 207 cm³/mol. The van der Waals surface area contributed by atoms with Crippen LogP contribution >= 0.6 is 11.6 Å². The van der Waals surface area contributed by atoms with Gasteiger partial charge in [-0.05, 0) is 76.3 Å². The molecule has 7 atom stereocenters. The number of nitrogens with one attached hydrogen (secondary N) is 3. The van der Waals surface area contributed by atoms with Crippen LogP contribution in [0.15, 0.2) is 36.4 Å². The second kappa shape index (κ2) is 16.2. The number of aromatic nitrogens is 1. The fourth-order valence-corrected chi connectivity index (χ4v) is 9.36. The molecular formula is C39H48ClF4N5O9S. The molecule has 0 spiro atoms. The summed E-state index contributed by atoms with van der Waals surface area (Å²) in [5.41, 5.74) is -4.28. The van der Waals surface area contributed by atoms with Gasteiger partial charge in [0.15, 0.2) is 0 Å². The predicted octanol–water partition coefficient (Wildman–Crippen LogP) is 5.52. The number of sulfonamides is 1. The maximum Gasteiger partial charge on any atom is 0.427 e. The molecule has 2 saturated carbocycles. The minimum atomic E-state index is -4.94. The van der Waals surface area contributed by atoms with Gasteiger partial charge in [0.1, 0.15) is 51.8 Å². The fourth-order valence-electron chi connectivity index (χ4n) is 7.75. The van der Waals surface area contributed by atoms with Gasteiger partial charge in [-0.15, -0.1) is 0 Å². The first-order valence-corrected chi connectivity index (χ1v) is 21.2. The molecule has 1 aromatic heterocycles. The van der Waals surface area contributed by atoms with Gasteiger partial charge in [-0.3, -0.25) is 19.1 Å². The second-order valence-electron chi connectivity index (χ2n) is 16.7. The molecule has 2 aliphatic carbocycles. The summed E-state index contributed by atoms with van der Waals surface area (Å²) in [5, 5.41) is 5.63. The van der Waals surface area contributed by atoms with Crippen LogP contribution in [-0.4, -0.2) is 103 Å². The Morgan fingerprint density at radius 1 is 1.12 bits per heavy atom. The Bertz CT molecular complexity index is 2140. The molecule has 59 heavy (non-hydrogen) atoms. The number of alkyl carbamates (subject to hydrolysis) is 1. The Morgan fingerprint density at radius 3 is 2.47 bits per heavy atom. The van der Waals surface area contributed by atoms with Crippen LogP contribution in [0.5, 0.6) is 11.5 Å². The van der Waals surface area contributed by atoms with E-state index < -0.39 is 92.6 Å². The van der Waals surface area contributed by atoms with E-state index >= 15 is 0 Å². The highest BCUT2D eigenvalue weighted by Crippen LogP contribution is 2.48. The number of hydrogen-bond acceptors (Lipinski definition) is 10. The van der Waals surface area contributed by atoms with Crippen molar-refractivity contribution in [1.29, 1.82) is 0 Å². The molecule has 1 saturated heterocycles. The van der Waals surface area contributed by atoms with E-state index in [9.17, 15) is 45.2 Å². The number of ether oxygens (including phenoxy) is 3. The van der Waals surface area contributed by atoms with Crippen LogP contribution in [0.25, 0.3) is 10.9 Å². The third-order valence-electron chi connectivity index (χ3n) is 11.8. The number of fused-ring (bicyclic) bond motifs is 3. The summed E-state index contributed by atoms with van der Waals surface area (Å²) in [6.07, 6.45) is -2.62. The minimum Gasteiger partial charge on any atom is -0.497 e. The number of allylic oxidation sites excluding steroid dienone is 1. The first kappa shape index (κ1) is 44.2. The standard InChI is InChI=1S/C39H48ClF4N5O9S/c1-21-8-6-7-9-23-18-38(23,34(52)48-59(54,55)37(20-41)12-13-37)47-32(50)28-16-25(57-29-17-30(40)45-27-15-24(56-5)10-11-26(27)29)19-49(28)33(51)31(22(2)14-21)46-35(53)58-36(3,4)39(42,43)44/h7,9-11,15,17,21-23,25,28,31H,6,8,12-14,16,18-20H2,1-5H3,(H,46,53)(H,47,50)(H,48,52)/t21-,22-,23-,25-,28+,31+,38-/m1/s1. The van der Waals surface area contributed by atoms with E-state index in [1.807, 2.05) is 11.6 Å². The molecule has 14 nitrogen and oxygen atoms in total. The number of nitrogens with zero attached hydrogens (tertiary/aromatic N) is 2. The number of alkyl halides is 4. The van der Waals surface area contributed by atoms with E-state index in [1.54, 1.807) is 37.3 Å². The van der Waals surface area contributed by atoms with Crippen molar-refractivity contribution in [3.05, 3.63) is 41.6 Å². The molecule has 4 amide bonds. The third-order valence-corrected chi connectivity index (χ3v) is 14.1. The zero-order chi connectivity index (χ0) is 43.3. The van der Waals surface area contributed by atoms with Crippen LogP contribution in [0.3, 0.4) is 0 Å². The van der Waals surface area contributed by atoms with Crippen LogP contribution in [0.4, 0.5) is 22.4 Å². The molecule has 324 valence electrons. The van der Waals surface area contributed by atoms with Gasteiger partial charge in [0.05, 0.1) is 19.2 Å². The highest BCUT2D eigenvalue weighted by molar-refractivity contribution is 7.91. The summed E-state index contributed by atoms with van der Waals surface area (Å²) in [6.45, 7) is 3.43. The van der Waals surface area contributed by atoms with Crippen LogP contribution in [0, 0.1) is 17.8 Å². The van der Waals surface area contributed by atoms with Crippen molar-refractivity contribution in [3.63, 3.8) is 0 Å². The molecule has 0 unspecified atom stereocenters. The topological polar surface area (TPSA) is 182 Å². The summed E-state index contributed by atoms with van der Waals surface area (Å²) in [4.78, 5) is 61.7. The maximum absolute atomic E-state index is 14.8. The molecule has 6 rings (SSSR count). The average molecular weight is 874 g/mol. The van der Waals surface area contributed by atoms with E-state index in [0.717, 1.165) is 4.90 Å². The lowest BCUT2D eigenvalue weighted by atomic mass is 9.88. The number of halogens is 5. The summed E-state index contributed by atoms with van der Waals surface area (Å²) in [5.74, 6) is -3.44. The highest BCUT2D eigenvalue weighted by atomic mass is 35.5. The number of hydrogen-bond donors (Lipinski definition) is 3. The Labute approximate surface area is 344 Å². The van der Waals surface area contributed by atoms with Crippen molar-refractivity contribution in [2.75, 3.05) is 20.3 Å². The maximum atomic E-state index is 14.8. The van der Waals surface area contributed by atoms with Crippen LogP contribution in [0.1, 0.15) is 72.6 Å². The molecule has 2 aromatic rings. The van der Waals surface area contributed by atoms with Gasteiger partial charge in [-0.25, -0.2) is 22.6 Å². The van der Waals surface area contributed by atoms with Crippen molar-refractivity contribution in [1.82, 2.24) is 25.2 Å². The molecule has 3 fully saturated rings. The molecule has 4 aliphatic rings. The van der Waals surface area contributed by atoms with Crippen molar-refractivity contribution in [2.24, 2.45) is 17.8 Å². The molecule has 3 N–H and O–H groups in total. The Morgan fingerprint density at radius 2 is 1.83 bits per heavy atom. The SMILES string of the molecule is COc1ccc2c(O[C@@H]3C[C@H]4C(=O)N[C@]5(C(=O)NS(=O)(=O)C6(CF)CC6)C[C@H]5C=CCC[C@@H](C)C[C@@H](C)[C@H](NC(=O)OC(C)(C)C(F)(F)F)C(=O)N4C3)cc(Cl)nc2c1. The Balaban J connectivity index is 1.36. The molecule has 0 bridgehead atoms. The zero-order valence-corrected chi connectivity index (χ0v) is 34.7. The first-order chi connectivity index (χ1) is 27.5. The van der Waals surface area contributed by atoms with E-state index in [4.69, 9.17) is 25.8 Å². The number of pyridine rings is 1. The summed E-state index contributed by atoms with van der Waals surface area (Å²) >= 11 is 6.35. The number of rotatable bonds is 9. The lowest BCUT2D eigenvalue weighted by Gasteiger charge is -2.34. The van der Waals surface area contributed by atoms with E-state index in [0.29, 0.717) is 49.8 Å². The molecule has 20 heteroatoms. The average Bonchev–Trinajstić information content (AvgIpc) is 4.05. The largest absolute Gasteiger partial charge is 0.497 e. The van der Waals surface area contributed by atoms with Gasteiger partial charge >= 0.3 is 12.3 Å². The van der Waals surface area contributed by atoms with Crippen molar-refractivity contribution in [3.8, 4) is 11.5 Å². The van der Waals surface area contributed by atoms with Crippen molar-refractivity contribution >= 4 is 56.3 Å². The lowest BCUT2D eigenvalue weighted by molar-refractivity contribution is -0.244. The fraction of sp³-hybridized carbons (Fsp3) is 0.615. The van der Waals surface area contributed by atoms with Crippen molar-refractivity contribution < 1.29 is 59.4 Å². The molecule has 0 radical (unpaired) electrons. The molecule has 1 aromatic carbocycles. The zero-order valence-electron chi connectivity index (χ0n) is 33.2. The monoisotopic (exact) mass is 873 g/mol. The highest BCUT2D eigenvalue weighted by Gasteiger charge is 2.64. The van der Waals surface area contributed by atoms with Gasteiger partial charge in [-0.2, -0.15) is 13.2 Å². The second-order valence-corrected chi connectivity index (χ2v) is 19.1. The number of benzene rings is 1. The molecule has 3 heterocycles. The van der Waals surface area contributed by atoms with Crippen molar-refractivity contribution in [2.45, 2.75) is 113 Å². The number of carbonyl (C=O) groups is 4. The van der Waals surface area contributed by atoms with Gasteiger partial charge < -0.3 is 29.7 Å². The summed E-state index contributed by atoms with van der Waals surface area (Å²) in [7, 11) is -3.00. The summed E-state index contributed by atoms with van der Waals surface area (Å²) in [6, 6.07) is 3.55. The van der Waals surface area contributed by atoms with Gasteiger partial charge in [0.2, 0.25) is 27.4 Å². The summed E-state index contributed by atoms with van der Waals surface area (Å²) < 4.78 is 98.2. The van der Waals surface area contributed by atoms with Crippen LogP contribution in [0.2, 0.25) is 5.15 Å². The van der Waals surface area contributed by atoms with E-state index in [-0.39, 0.29) is 49.0 Å². The molecule has 2 aliphatic heterocycles. The van der Waals surface area contributed by atoms with Crippen LogP contribution < -0.4 is 24.8 Å². The Kier molecular flexibility index (Phi) is 12.2. The Hall–Kier alpha value is -4.39. The van der Waals surface area contributed by atoms with Gasteiger partial charge in [0.25, 0.3) is 5.91 Å². The molecular weight excluding hydrogens is 826 g/mol. The number of amides is 4. The lowest BCUT2D eigenvalue weighted by Crippen LogP contribution is -2.60. The number of carbonyl (C=O) groups excluding carboxylic acids is 4. The number of methoxy groups -OCH3 is 1. The van der Waals surface area contributed by atoms with Crippen LogP contribution in [-0.2, 0) is 29.1 Å². The first-order valence-electron chi connectivity index (χ1n) is 19.3. The smallest absolute Gasteiger partial charge is 0.427 e. The van der Waals surface area contributed by atoms with E-state index in [1.165, 1.54) is 13.2 Å². The van der Waals surface area contributed by atoms with Gasteiger partial charge in [0, 0.05) is 29.9 Å². The minimum absolute atomic E-state index is 0.00236.